The van der Waals surface area contributed by atoms with E-state index in [1.54, 1.807) is 18.2 Å². The summed E-state index contributed by atoms with van der Waals surface area (Å²) in [4.78, 5) is 43.5. The predicted molar refractivity (Wildman–Crippen MR) is 92.5 cm³/mol. The number of nitrogens with zero attached hydrogens (tertiary/aromatic N) is 3. The van der Waals surface area contributed by atoms with Crippen molar-refractivity contribution in [2.24, 2.45) is 10.9 Å². The number of hydrogen-bond donors (Lipinski definition) is 1. The Hall–Kier alpha value is -2.25. The third-order valence-electron chi connectivity index (χ3n) is 3.42. The SMILES string of the molecule is CN(C)CCCN=CC1C(=O)NC(=O)N(c2cccc(Cl)c2)C1=O. The Kier molecular flexibility index (Phi) is 6.05. The molecule has 0 saturated carbocycles. The number of carbonyl (C=O) groups excluding carboxylic acids is 3. The molecular formula is C16H19ClN4O3. The maximum Gasteiger partial charge on any atom is 0.335 e. The minimum atomic E-state index is -1.12. The predicted octanol–water partition coefficient (Wildman–Crippen LogP) is 1.56. The van der Waals surface area contributed by atoms with Crippen LogP contribution in [0.15, 0.2) is 29.3 Å². The van der Waals surface area contributed by atoms with Crippen LogP contribution in [0.25, 0.3) is 0 Å². The summed E-state index contributed by atoms with van der Waals surface area (Å²) in [5.41, 5.74) is 0.309. The van der Waals surface area contributed by atoms with Crippen molar-refractivity contribution in [3.8, 4) is 0 Å². The number of imide groups is 2. The van der Waals surface area contributed by atoms with Gasteiger partial charge in [0.1, 0.15) is 0 Å². The summed E-state index contributed by atoms with van der Waals surface area (Å²) < 4.78 is 0. The Morgan fingerprint density at radius 1 is 1.33 bits per heavy atom. The molecule has 8 heteroatoms. The first-order valence-electron chi connectivity index (χ1n) is 7.49. The Labute approximate surface area is 145 Å². The van der Waals surface area contributed by atoms with E-state index in [1.807, 2.05) is 19.0 Å². The number of benzene rings is 1. The Bertz CT molecular complexity index is 675. The van der Waals surface area contributed by atoms with Crippen molar-refractivity contribution in [3.05, 3.63) is 29.3 Å². The molecule has 1 aromatic carbocycles. The highest BCUT2D eigenvalue weighted by atomic mass is 35.5. The zero-order chi connectivity index (χ0) is 17.7. The second-order valence-corrected chi connectivity index (χ2v) is 6.07. The number of anilines is 1. The van der Waals surface area contributed by atoms with Crippen LogP contribution in [0.4, 0.5) is 10.5 Å². The first-order chi connectivity index (χ1) is 11.4. The van der Waals surface area contributed by atoms with E-state index in [9.17, 15) is 14.4 Å². The number of rotatable bonds is 6. The van der Waals surface area contributed by atoms with Gasteiger partial charge in [-0.05, 0) is 45.3 Å². The van der Waals surface area contributed by atoms with E-state index in [0.29, 0.717) is 17.3 Å². The molecule has 1 N–H and O–H groups in total. The molecule has 1 atom stereocenters. The fourth-order valence-corrected chi connectivity index (χ4v) is 2.42. The molecule has 1 aromatic rings. The van der Waals surface area contributed by atoms with E-state index < -0.39 is 23.8 Å². The van der Waals surface area contributed by atoms with Crippen molar-refractivity contribution < 1.29 is 14.4 Å². The number of amides is 4. The fraction of sp³-hybridized carbons (Fsp3) is 0.375. The monoisotopic (exact) mass is 350 g/mol. The van der Waals surface area contributed by atoms with Gasteiger partial charge < -0.3 is 4.90 Å². The molecule has 1 heterocycles. The lowest BCUT2D eigenvalue weighted by Gasteiger charge is -2.28. The fourth-order valence-electron chi connectivity index (χ4n) is 2.24. The van der Waals surface area contributed by atoms with E-state index in [4.69, 9.17) is 11.6 Å². The molecule has 1 aliphatic rings. The summed E-state index contributed by atoms with van der Waals surface area (Å²) in [6.45, 7) is 1.36. The lowest BCUT2D eigenvalue weighted by molar-refractivity contribution is -0.131. The number of nitrogens with one attached hydrogen (secondary N) is 1. The molecule has 24 heavy (non-hydrogen) atoms. The van der Waals surface area contributed by atoms with Crippen molar-refractivity contribution in [1.82, 2.24) is 10.2 Å². The van der Waals surface area contributed by atoms with Crippen LogP contribution in [0.2, 0.25) is 5.02 Å². The third-order valence-corrected chi connectivity index (χ3v) is 3.65. The maximum absolute atomic E-state index is 12.5. The van der Waals surface area contributed by atoms with Crippen LogP contribution in [0.5, 0.6) is 0 Å². The average molecular weight is 351 g/mol. The van der Waals surface area contributed by atoms with Gasteiger partial charge in [0.15, 0.2) is 5.92 Å². The van der Waals surface area contributed by atoms with Crippen LogP contribution < -0.4 is 10.2 Å². The Balaban J connectivity index is 2.12. The van der Waals surface area contributed by atoms with Gasteiger partial charge in [-0.25, -0.2) is 9.69 Å². The minimum Gasteiger partial charge on any atom is -0.309 e. The van der Waals surface area contributed by atoms with Gasteiger partial charge in [-0.1, -0.05) is 17.7 Å². The van der Waals surface area contributed by atoms with Crippen molar-refractivity contribution in [3.63, 3.8) is 0 Å². The van der Waals surface area contributed by atoms with Crippen molar-refractivity contribution in [2.45, 2.75) is 6.42 Å². The van der Waals surface area contributed by atoms with Crippen LogP contribution in [-0.4, -0.2) is 56.1 Å². The van der Waals surface area contributed by atoms with Crippen molar-refractivity contribution >= 4 is 41.3 Å². The van der Waals surface area contributed by atoms with Gasteiger partial charge in [-0.2, -0.15) is 0 Å². The number of halogens is 1. The maximum atomic E-state index is 12.5. The highest BCUT2D eigenvalue weighted by Crippen LogP contribution is 2.23. The van der Waals surface area contributed by atoms with Crippen LogP contribution >= 0.6 is 11.6 Å². The normalized spacial score (nSPS) is 18.6. The summed E-state index contributed by atoms with van der Waals surface area (Å²) in [5.74, 6) is -2.43. The summed E-state index contributed by atoms with van der Waals surface area (Å²) >= 11 is 5.90. The molecule has 1 saturated heterocycles. The van der Waals surface area contributed by atoms with Gasteiger partial charge in [0, 0.05) is 17.8 Å². The number of urea groups is 1. The molecule has 1 unspecified atom stereocenters. The van der Waals surface area contributed by atoms with Gasteiger partial charge in [0.05, 0.1) is 5.69 Å². The Morgan fingerprint density at radius 3 is 2.75 bits per heavy atom. The smallest absolute Gasteiger partial charge is 0.309 e. The van der Waals surface area contributed by atoms with Crippen LogP contribution in [-0.2, 0) is 9.59 Å². The molecule has 2 rings (SSSR count). The van der Waals surface area contributed by atoms with Crippen LogP contribution in [0.3, 0.4) is 0 Å². The largest absolute Gasteiger partial charge is 0.335 e. The number of carbonyl (C=O) groups is 3. The van der Waals surface area contributed by atoms with E-state index >= 15 is 0 Å². The zero-order valence-electron chi connectivity index (χ0n) is 13.5. The van der Waals surface area contributed by atoms with Gasteiger partial charge in [-0.3, -0.25) is 19.9 Å². The molecule has 0 spiro atoms. The highest BCUT2D eigenvalue weighted by molar-refractivity contribution is 6.34. The van der Waals surface area contributed by atoms with Gasteiger partial charge in [0.25, 0.3) is 5.91 Å². The first kappa shape index (κ1) is 18.1. The summed E-state index contributed by atoms with van der Waals surface area (Å²) in [7, 11) is 3.91. The molecule has 1 aliphatic heterocycles. The minimum absolute atomic E-state index is 0.309. The summed E-state index contributed by atoms with van der Waals surface area (Å²) in [6.07, 6.45) is 2.11. The van der Waals surface area contributed by atoms with Gasteiger partial charge in [0.2, 0.25) is 5.91 Å². The van der Waals surface area contributed by atoms with Crippen LogP contribution in [0, 0.1) is 5.92 Å². The van der Waals surface area contributed by atoms with E-state index in [0.717, 1.165) is 17.9 Å². The molecule has 1 fully saturated rings. The van der Waals surface area contributed by atoms with Gasteiger partial charge >= 0.3 is 6.03 Å². The number of hydrogen-bond acceptors (Lipinski definition) is 5. The molecule has 0 aliphatic carbocycles. The lowest BCUT2D eigenvalue weighted by Crippen LogP contribution is -2.58. The first-order valence-corrected chi connectivity index (χ1v) is 7.87. The quantitative estimate of drug-likeness (QED) is 0.479. The van der Waals surface area contributed by atoms with Crippen LogP contribution in [0.1, 0.15) is 6.42 Å². The molecule has 0 bridgehead atoms. The zero-order valence-corrected chi connectivity index (χ0v) is 14.3. The van der Waals surface area contributed by atoms with Crippen molar-refractivity contribution in [2.75, 3.05) is 32.1 Å². The third kappa shape index (κ3) is 4.39. The van der Waals surface area contributed by atoms with E-state index in [-0.39, 0.29) is 0 Å². The number of aliphatic imine (C=N–C) groups is 1. The molecule has 0 radical (unpaired) electrons. The molecule has 0 aromatic heterocycles. The second-order valence-electron chi connectivity index (χ2n) is 5.64. The molecular weight excluding hydrogens is 332 g/mol. The molecule has 128 valence electrons. The molecule has 4 amide bonds. The Morgan fingerprint density at radius 2 is 2.08 bits per heavy atom. The van der Waals surface area contributed by atoms with Gasteiger partial charge in [-0.15, -0.1) is 0 Å². The topological polar surface area (TPSA) is 82.1 Å². The second kappa shape index (κ2) is 8.03. The number of barbiturate groups is 1. The summed E-state index contributed by atoms with van der Waals surface area (Å²) in [5, 5.41) is 2.56. The molecule has 7 nitrogen and oxygen atoms in total. The average Bonchev–Trinajstić information content (AvgIpc) is 2.49. The standard InChI is InChI=1S/C16H19ClN4O3/c1-20(2)8-4-7-18-10-13-14(22)19-16(24)21(15(13)23)12-6-3-5-11(17)9-12/h3,5-6,9-10,13H,4,7-8H2,1-2H3,(H,19,22,24). The van der Waals surface area contributed by atoms with E-state index in [1.165, 1.54) is 12.3 Å². The highest BCUT2D eigenvalue weighted by Gasteiger charge is 2.40. The van der Waals surface area contributed by atoms with Crippen molar-refractivity contribution in [1.29, 1.82) is 0 Å². The summed E-state index contributed by atoms with van der Waals surface area (Å²) in [6, 6.07) is 5.53. The van der Waals surface area contributed by atoms with E-state index in [2.05, 4.69) is 10.3 Å². The lowest BCUT2D eigenvalue weighted by atomic mass is 10.1.